The first-order chi connectivity index (χ1) is 8.30. The molecule has 2 aromatic rings. The molecule has 18 heavy (non-hydrogen) atoms. The van der Waals surface area contributed by atoms with E-state index in [9.17, 15) is 5.11 Å². The summed E-state index contributed by atoms with van der Waals surface area (Å²) in [6.45, 7) is 8.32. The minimum absolute atomic E-state index is 0.126. The summed E-state index contributed by atoms with van der Waals surface area (Å²) in [6, 6.07) is 8.29. The van der Waals surface area contributed by atoms with Gasteiger partial charge in [-0.05, 0) is 12.3 Å². The van der Waals surface area contributed by atoms with Crippen molar-refractivity contribution in [2.75, 3.05) is 0 Å². The van der Waals surface area contributed by atoms with E-state index in [-0.39, 0.29) is 11.3 Å². The highest BCUT2D eigenvalue weighted by Crippen LogP contribution is 2.38. The predicted molar refractivity (Wildman–Crippen MR) is 73.7 cm³/mol. The average molecular weight is 244 g/mol. The topological polar surface area (TPSA) is 38.1 Å². The molecule has 0 saturated heterocycles. The van der Waals surface area contributed by atoms with E-state index in [2.05, 4.69) is 57.1 Å². The Hall–Kier alpha value is -1.77. The van der Waals surface area contributed by atoms with Gasteiger partial charge in [-0.25, -0.2) is 0 Å². The number of benzene rings is 1. The minimum atomic E-state index is -0.140. The monoisotopic (exact) mass is 244 g/mol. The van der Waals surface area contributed by atoms with Crippen LogP contribution in [0.2, 0.25) is 0 Å². The van der Waals surface area contributed by atoms with Gasteiger partial charge in [-0.3, -0.25) is 4.68 Å². The maximum atomic E-state index is 10.0. The Morgan fingerprint density at radius 1 is 1.11 bits per heavy atom. The van der Waals surface area contributed by atoms with Crippen LogP contribution in [-0.2, 0) is 12.5 Å². The van der Waals surface area contributed by atoms with Crippen molar-refractivity contribution in [2.45, 2.75) is 33.1 Å². The molecule has 96 valence electrons. The lowest BCUT2D eigenvalue weighted by molar-refractivity contribution is 0.425. The van der Waals surface area contributed by atoms with Gasteiger partial charge < -0.3 is 5.11 Å². The van der Waals surface area contributed by atoms with Crippen molar-refractivity contribution in [3.05, 3.63) is 35.4 Å². The fraction of sp³-hybridized carbons (Fsp3) is 0.400. The van der Waals surface area contributed by atoms with Crippen LogP contribution in [-0.4, -0.2) is 14.9 Å². The molecule has 1 N–H and O–H groups in total. The van der Waals surface area contributed by atoms with Crippen molar-refractivity contribution < 1.29 is 5.11 Å². The molecule has 0 spiro atoms. The van der Waals surface area contributed by atoms with Crippen LogP contribution < -0.4 is 0 Å². The Morgan fingerprint density at radius 2 is 1.67 bits per heavy atom. The SMILES string of the molecule is Cc1ccc(-c2c(C(C)(C)C)c(O)nn2C)cc1. The molecule has 0 aliphatic heterocycles. The number of nitrogens with zero attached hydrogens (tertiary/aromatic N) is 2. The zero-order chi connectivity index (χ0) is 13.5. The highest BCUT2D eigenvalue weighted by Gasteiger charge is 2.27. The molecule has 0 aliphatic rings. The van der Waals surface area contributed by atoms with Crippen LogP contribution in [0.3, 0.4) is 0 Å². The number of rotatable bonds is 1. The summed E-state index contributed by atoms with van der Waals surface area (Å²) in [5.41, 5.74) is 4.05. The standard InChI is InChI=1S/C15H20N2O/c1-10-6-8-11(9-7-10)13-12(15(2,3)4)14(18)16-17(13)5/h6-9H,1-5H3,(H,16,18). The highest BCUT2D eigenvalue weighted by atomic mass is 16.3. The van der Waals surface area contributed by atoms with Gasteiger partial charge in [-0.2, -0.15) is 0 Å². The highest BCUT2D eigenvalue weighted by molar-refractivity contribution is 5.67. The van der Waals surface area contributed by atoms with Gasteiger partial charge >= 0.3 is 0 Å². The van der Waals surface area contributed by atoms with Crippen molar-refractivity contribution in [3.63, 3.8) is 0 Å². The van der Waals surface area contributed by atoms with Crippen LogP contribution in [0.4, 0.5) is 0 Å². The second kappa shape index (κ2) is 4.16. The smallest absolute Gasteiger partial charge is 0.234 e. The van der Waals surface area contributed by atoms with E-state index >= 15 is 0 Å². The van der Waals surface area contributed by atoms with Crippen LogP contribution in [0.15, 0.2) is 24.3 Å². The first kappa shape index (κ1) is 12.7. The Morgan fingerprint density at radius 3 is 2.17 bits per heavy atom. The molecule has 0 fully saturated rings. The Labute approximate surface area is 108 Å². The lowest BCUT2D eigenvalue weighted by atomic mass is 9.85. The van der Waals surface area contributed by atoms with Crippen molar-refractivity contribution in [1.82, 2.24) is 9.78 Å². The van der Waals surface area contributed by atoms with E-state index in [0.717, 1.165) is 16.8 Å². The summed E-state index contributed by atoms with van der Waals surface area (Å²) < 4.78 is 1.75. The summed E-state index contributed by atoms with van der Waals surface area (Å²) in [5.74, 6) is 0.126. The Bertz CT molecular complexity index is 559. The van der Waals surface area contributed by atoms with Gasteiger partial charge in [-0.15, -0.1) is 5.10 Å². The van der Waals surface area contributed by atoms with Crippen molar-refractivity contribution >= 4 is 0 Å². The largest absolute Gasteiger partial charge is 0.492 e. The molecule has 0 unspecified atom stereocenters. The number of hydrogen-bond acceptors (Lipinski definition) is 2. The molecule has 0 amide bonds. The molecule has 0 bridgehead atoms. The second-order valence-corrected chi connectivity index (χ2v) is 5.79. The average Bonchev–Trinajstić information content (AvgIpc) is 2.54. The molecular formula is C15H20N2O. The van der Waals surface area contributed by atoms with Crippen LogP contribution in [0, 0.1) is 6.92 Å². The van der Waals surface area contributed by atoms with Gasteiger partial charge in [0.1, 0.15) is 0 Å². The summed E-state index contributed by atoms with van der Waals surface area (Å²) >= 11 is 0. The van der Waals surface area contributed by atoms with E-state index < -0.39 is 0 Å². The lowest BCUT2D eigenvalue weighted by Gasteiger charge is -2.19. The van der Waals surface area contributed by atoms with E-state index in [1.807, 2.05) is 7.05 Å². The zero-order valence-electron chi connectivity index (χ0n) is 11.7. The van der Waals surface area contributed by atoms with E-state index in [4.69, 9.17) is 0 Å². The van der Waals surface area contributed by atoms with Gasteiger partial charge in [0.25, 0.3) is 0 Å². The van der Waals surface area contributed by atoms with Crippen molar-refractivity contribution in [3.8, 4) is 17.1 Å². The predicted octanol–water partition coefficient (Wildman–Crippen LogP) is 3.40. The van der Waals surface area contributed by atoms with E-state index in [1.54, 1.807) is 4.68 Å². The van der Waals surface area contributed by atoms with Gasteiger partial charge in [0.2, 0.25) is 5.88 Å². The molecule has 3 heteroatoms. The second-order valence-electron chi connectivity index (χ2n) is 5.79. The van der Waals surface area contributed by atoms with Crippen molar-refractivity contribution in [1.29, 1.82) is 0 Å². The molecule has 1 aromatic heterocycles. The first-order valence-electron chi connectivity index (χ1n) is 6.14. The number of aryl methyl sites for hydroxylation is 2. The Kier molecular flexibility index (Phi) is 2.93. The number of aromatic hydroxyl groups is 1. The van der Waals surface area contributed by atoms with Crippen LogP contribution >= 0.6 is 0 Å². The molecule has 2 rings (SSSR count). The van der Waals surface area contributed by atoms with E-state index in [1.165, 1.54) is 5.56 Å². The molecule has 0 saturated carbocycles. The normalized spacial score (nSPS) is 11.8. The summed E-state index contributed by atoms with van der Waals surface area (Å²) in [6.07, 6.45) is 0. The first-order valence-corrected chi connectivity index (χ1v) is 6.14. The molecule has 1 heterocycles. The third-order valence-electron chi connectivity index (χ3n) is 3.10. The van der Waals surface area contributed by atoms with E-state index in [0.29, 0.717) is 0 Å². The van der Waals surface area contributed by atoms with Gasteiger partial charge in [-0.1, -0.05) is 50.6 Å². The lowest BCUT2D eigenvalue weighted by Crippen LogP contribution is -2.12. The quantitative estimate of drug-likeness (QED) is 0.835. The summed E-state index contributed by atoms with van der Waals surface area (Å²) in [4.78, 5) is 0. The van der Waals surface area contributed by atoms with Crippen molar-refractivity contribution in [2.24, 2.45) is 7.05 Å². The van der Waals surface area contributed by atoms with Crippen LogP contribution in [0.25, 0.3) is 11.3 Å². The molecule has 0 atom stereocenters. The minimum Gasteiger partial charge on any atom is -0.492 e. The zero-order valence-corrected chi connectivity index (χ0v) is 11.7. The molecular weight excluding hydrogens is 224 g/mol. The van der Waals surface area contributed by atoms with Crippen LogP contribution in [0.1, 0.15) is 31.9 Å². The Balaban J connectivity index is 2.67. The maximum absolute atomic E-state index is 10.0. The van der Waals surface area contributed by atoms with Gasteiger partial charge in [0, 0.05) is 18.2 Å². The summed E-state index contributed by atoms with van der Waals surface area (Å²) in [5, 5.41) is 14.2. The molecule has 3 nitrogen and oxygen atoms in total. The molecule has 0 radical (unpaired) electrons. The number of aromatic nitrogens is 2. The third kappa shape index (κ3) is 2.13. The van der Waals surface area contributed by atoms with Crippen LogP contribution in [0.5, 0.6) is 5.88 Å². The maximum Gasteiger partial charge on any atom is 0.234 e. The molecule has 0 aliphatic carbocycles. The van der Waals surface area contributed by atoms with Gasteiger partial charge in [0.05, 0.1) is 5.69 Å². The fourth-order valence-corrected chi connectivity index (χ4v) is 2.24. The fourth-order valence-electron chi connectivity index (χ4n) is 2.24. The summed E-state index contributed by atoms with van der Waals surface area (Å²) in [7, 11) is 1.87. The van der Waals surface area contributed by atoms with Gasteiger partial charge in [0.15, 0.2) is 0 Å². The molecule has 1 aromatic carbocycles. The third-order valence-corrected chi connectivity index (χ3v) is 3.10. The number of hydrogen-bond donors (Lipinski definition) is 1.